The van der Waals surface area contributed by atoms with Crippen LogP contribution in [0.3, 0.4) is 0 Å². The zero-order valence-corrected chi connectivity index (χ0v) is 8.94. The summed E-state index contributed by atoms with van der Waals surface area (Å²) < 4.78 is 13.5. The van der Waals surface area contributed by atoms with E-state index in [9.17, 15) is 4.39 Å². The van der Waals surface area contributed by atoms with Gasteiger partial charge in [-0.3, -0.25) is 4.99 Å². The Morgan fingerprint density at radius 3 is 2.29 bits per heavy atom. The highest BCUT2D eigenvalue weighted by molar-refractivity contribution is 6.02. The van der Waals surface area contributed by atoms with Crippen molar-refractivity contribution in [3.8, 4) is 12.1 Å². The van der Waals surface area contributed by atoms with Crippen LogP contribution in [0.4, 0.5) is 4.39 Å². The molecule has 0 N–H and O–H groups in total. The SMILES string of the molecule is N#Cc1cc(C2=NC=CCC2)cc(C#N)c1F. The first kappa shape index (κ1) is 11.0. The third-order valence-corrected chi connectivity index (χ3v) is 2.53. The Labute approximate surface area is 98.1 Å². The van der Waals surface area contributed by atoms with Gasteiger partial charge in [0.1, 0.15) is 12.1 Å². The Bertz CT molecular complexity index is 565. The first-order valence-corrected chi connectivity index (χ1v) is 5.12. The topological polar surface area (TPSA) is 59.9 Å². The number of aliphatic imine (C=N–C) groups is 1. The molecule has 0 unspecified atom stereocenters. The van der Waals surface area contributed by atoms with Crippen molar-refractivity contribution < 1.29 is 4.39 Å². The Kier molecular flexibility index (Phi) is 2.98. The molecule has 0 aromatic heterocycles. The first-order chi connectivity index (χ1) is 8.26. The van der Waals surface area contributed by atoms with Gasteiger partial charge in [-0.15, -0.1) is 0 Å². The van der Waals surface area contributed by atoms with Crippen LogP contribution in [0.25, 0.3) is 0 Å². The van der Waals surface area contributed by atoms with Crippen LogP contribution in [0.1, 0.15) is 29.5 Å². The van der Waals surface area contributed by atoms with Gasteiger partial charge in [-0.1, -0.05) is 6.08 Å². The molecule has 1 aromatic carbocycles. The summed E-state index contributed by atoms with van der Waals surface area (Å²) in [5, 5.41) is 17.6. The average Bonchev–Trinajstić information content (AvgIpc) is 2.40. The van der Waals surface area contributed by atoms with Crippen molar-refractivity contribution in [2.45, 2.75) is 12.8 Å². The highest BCUT2D eigenvalue weighted by Gasteiger charge is 2.13. The molecule has 1 aliphatic rings. The lowest BCUT2D eigenvalue weighted by molar-refractivity contribution is 0.620. The number of nitrogens with zero attached hydrogens (tertiary/aromatic N) is 3. The molecule has 1 heterocycles. The fourth-order valence-corrected chi connectivity index (χ4v) is 1.67. The van der Waals surface area contributed by atoms with E-state index in [0.717, 1.165) is 18.6 Å². The second-order valence-electron chi connectivity index (χ2n) is 3.61. The van der Waals surface area contributed by atoms with Gasteiger partial charge >= 0.3 is 0 Å². The van der Waals surface area contributed by atoms with E-state index in [2.05, 4.69) is 4.99 Å². The largest absolute Gasteiger partial charge is 0.261 e. The lowest BCUT2D eigenvalue weighted by atomic mass is 9.99. The summed E-state index contributed by atoms with van der Waals surface area (Å²) in [7, 11) is 0. The molecule has 0 saturated carbocycles. The molecule has 0 fully saturated rings. The van der Waals surface area contributed by atoms with Crippen LogP contribution in [-0.4, -0.2) is 5.71 Å². The van der Waals surface area contributed by atoms with E-state index < -0.39 is 5.82 Å². The smallest absolute Gasteiger partial charge is 0.158 e. The van der Waals surface area contributed by atoms with Crippen molar-refractivity contribution in [3.63, 3.8) is 0 Å². The molecule has 82 valence electrons. The van der Waals surface area contributed by atoms with Crippen molar-refractivity contribution in [1.29, 1.82) is 10.5 Å². The quantitative estimate of drug-likeness (QED) is 0.737. The van der Waals surface area contributed by atoms with Crippen molar-refractivity contribution in [2.24, 2.45) is 4.99 Å². The molecule has 0 saturated heterocycles. The maximum atomic E-state index is 13.5. The van der Waals surface area contributed by atoms with E-state index in [4.69, 9.17) is 10.5 Å². The molecule has 0 bridgehead atoms. The monoisotopic (exact) mass is 225 g/mol. The molecule has 0 amide bonds. The summed E-state index contributed by atoms with van der Waals surface area (Å²) in [6.07, 6.45) is 5.21. The summed E-state index contributed by atoms with van der Waals surface area (Å²) >= 11 is 0. The number of hydrogen-bond acceptors (Lipinski definition) is 3. The Balaban J connectivity index is 2.57. The minimum absolute atomic E-state index is 0.115. The fourth-order valence-electron chi connectivity index (χ4n) is 1.67. The van der Waals surface area contributed by atoms with Crippen molar-refractivity contribution in [3.05, 3.63) is 46.9 Å². The summed E-state index contributed by atoms with van der Waals surface area (Å²) in [5.74, 6) is -0.759. The second kappa shape index (κ2) is 4.59. The fraction of sp³-hybridized carbons (Fsp3) is 0.154. The number of benzene rings is 1. The van der Waals surface area contributed by atoms with Gasteiger partial charge in [0.2, 0.25) is 0 Å². The van der Waals surface area contributed by atoms with E-state index in [-0.39, 0.29) is 11.1 Å². The van der Waals surface area contributed by atoms with Gasteiger partial charge in [0.25, 0.3) is 0 Å². The molecule has 0 radical (unpaired) electrons. The summed E-state index contributed by atoms with van der Waals surface area (Å²) in [5.41, 5.74) is 1.19. The Morgan fingerprint density at radius 2 is 1.82 bits per heavy atom. The lowest BCUT2D eigenvalue weighted by Gasteiger charge is -2.09. The number of rotatable bonds is 1. The number of allylic oxidation sites excluding steroid dienone is 1. The zero-order chi connectivity index (χ0) is 12.3. The van der Waals surface area contributed by atoms with Gasteiger partial charge in [-0.25, -0.2) is 4.39 Å². The number of nitriles is 2. The predicted molar refractivity (Wildman–Crippen MR) is 60.7 cm³/mol. The van der Waals surface area contributed by atoms with E-state index in [1.165, 1.54) is 12.1 Å². The van der Waals surface area contributed by atoms with Crippen LogP contribution in [0.2, 0.25) is 0 Å². The normalized spacial score (nSPS) is 13.7. The molecule has 0 aliphatic carbocycles. The third-order valence-electron chi connectivity index (χ3n) is 2.53. The zero-order valence-electron chi connectivity index (χ0n) is 8.94. The van der Waals surface area contributed by atoms with Gasteiger partial charge in [0.15, 0.2) is 5.82 Å². The van der Waals surface area contributed by atoms with E-state index in [1.54, 1.807) is 18.3 Å². The molecule has 1 aliphatic heterocycles. The molecule has 2 rings (SSSR count). The second-order valence-corrected chi connectivity index (χ2v) is 3.61. The van der Waals surface area contributed by atoms with Gasteiger partial charge in [-0.05, 0) is 30.5 Å². The minimum Gasteiger partial charge on any atom is -0.261 e. The van der Waals surface area contributed by atoms with Gasteiger partial charge < -0.3 is 0 Å². The molecule has 3 nitrogen and oxygen atoms in total. The predicted octanol–water partition coefficient (Wildman–Crippen LogP) is 2.67. The first-order valence-electron chi connectivity index (χ1n) is 5.12. The lowest BCUT2D eigenvalue weighted by Crippen LogP contribution is -2.05. The molecule has 17 heavy (non-hydrogen) atoms. The maximum Gasteiger partial charge on any atom is 0.158 e. The minimum atomic E-state index is -0.759. The van der Waals surface area contributed by atoms with Crippen molar-refractivity contribution in [2.75, 3.05) is 0 Å². The highest BCUT2D eigenvalue weighted by Crippen LogP contribution is 2.19. The van der Waals surface area contributed by atoms with E-state index in [0.29, 0.717) is 5.56 Å². The van der Waals surface area contributed by atoms with E-state index >= 15 is 0 Å². The van der Waals surface area contributed by atoms with Crippen molar-refractivity contribution >= 4 is 5.71 Å². The molecule has 4 heteroatoms. The van der Waals surface area contributed by atoms with Crippen LogP contribution < -0.4 is 0 Å². The van der Waals surface area contributed by atoms with E-state index in [1.807, 2.05) is 6.08 Å². The summed E-state index contributed by atoms with van der Waals surface area (Å²) in [4.78, 5) is 4.18. The summed E-state index contributed by atoms with van der Waals surface area (Å²) in [6.45, 7) is 0. The van der Waals surface area contributed by atoms with Gasteiger partial charge in [0.05, 0.1) is 11.1 Å². The molecule has 0 atom stereocenters. The van der Waals surface area contributed by atoms with Crippen molar-refractivity contribution in [1.82, 2.24) is 0 Å². The van der Waals surface area contributed by atoms with Gasteiger partial charge in [-0.2, -0.15) is 10.5 Å². The number of hydrogen-bond donors (Lipinski definition) is 0. The Morgan fingerprint density at radius 1 is 1.18 bits per heavy atom. The summed E-state index contributed by atoms with van der Waals surface area (Å²) in [6, 6.07) is 6.38. The van der Waals surface area contributed by atoms with Crippen LogP contribution in [-0.2, 0) is 0 Å². The maximum absolute atomic E-state index is 13.5. The average molecular weight is 225 g/mol. The van der Waals surface area contributed by atoms with Gasteiger partial charge in [0, 0.05) is 11.9 Å². The Hall–Kier alpha value is -2.46. The third kappa shape index (κ3) is 2.07. The molecule has 1 aromatic rings. The molecular formula is C13H8FN3. The van der Waals surface area contributed by atoms with Crippen LogP contribution in [0.5, 0.6) is 0 Å². The molecule has 0 spiro atoms. The van der Waals surface area contributed by atoms with Crippen LogP contribution in [0, 0.1) is 28.5 Å². The standard InChI is InChI=1S/C13H8FN3/c14-13-10(7-15)5-9(6-11(13)8-16)12-3-1-2-4-17-12/h2,4-6H,1,3H2. The van der Waals surface area contributed by atoms with Crippen LogP contribution >= 0.6 is 0 Å². The highest BCUT2D eigenvalue weighted by atomic mass is 19.1. The molecular weight excluding hydrogens is 217 g/mol. The number of halogens is 1. The van der Waals surface area contributed by atoms with Crippen LogP contribution in [0.15, 0.2) is 29.4 Å².